The smallest absolute Gasteiger partial charge is 0.153 e. The molecule has 2 atom stereocenters. The minimum Gasteiger partial charge on any atom is -0.505 e. The molecule has 2 N–H and O–H groups in total. The molecule has 2 bridgehead atoms. The van der Waals surface area contributed by atoms with Crippen molar-refractivity contribution in [3.05, 3.63) is 27.2 Å². The van der Waals surface area contributed by atoms with Crippen molar-refractivity contribution in [2.75, 3.05) is 6.54 Å². The third-order valence-electron chi connectivity index (χ3n) is 4.15. The van der Waals surface area contributed by atoms with Gasteiger partial charge in [-0.3, -0.25) is 0 Å². The third kappa shape index (κ3) is 1.66. The van der Waals surface area contributed by atoms with E-state index in [2.05, 4.69) is 12.2 Å². The number of phenolic OH excluding ortho intramolecular Hbond substituents is 1. The van der Waals surface area contributed by atoms with E-state index in [-0.39, 0.29) is 11.2 Å². The van der Waals surface area contributed by atoms with Crippen molar-refractivity contribution in [2.45, 2.75) is 37.6 Å². The highest BCUT2D eigenvalue weighted by atomic mass is 35.5. The van der Waals surface area contributed by atoms with Gasteiger partial charge in [-0.1, -0.05) is 30.1 Å². The van der Waals surface area contributed by atoms with E-state index in [0.717, 1.165) is 31.4 Å². The number of nitrogens with one attached hydrogen (secondary N) is 1. The lowest BCUT2D eigenvalue weighted by molar-refractivity contribution is 0.249. The van der Waals surface area contributed by atoms with Crippen LogP contribution < -0.4 is 5.32 Å². The zero-order valence-corrected chi connectivity index (χ0v) is 11.2. The number of benzene rings is 1. The number of hydrogen-bond acceptors (Lipinski definition) is 2. The fourth-order valence-electron chi connectivity index (χ4n) is 3.38. The average molecular weight is 272 g/mol. The van der Waals surface area contributed by atoms with E-state index in [0.29, 0.717) is 16.1 Å². The molecule has 1 saturated heterocycles. The fraction of sp³-hybridized carbons (Fsp3) is 0.538. The third-order valence-corrected chi connectivity index (χ3v) is 4.81. The summed E-state index contributed by atoms with van der Waals surface area (Å²) in [5, 5.41) is 14.2. The Kier molecular flexibility index (Phi) is 2.58. The second-order valence-corrected chi connectivity index (χ2v) is 6.21. The molecule has 0 unspecified atom stereocenters. The zero-order chi connectivity index (χ0) is 12.2. The molecule has 0 spiro atoms. The first kappa shape index (κ1) is 11.6. The highest BCUT2D eigenvalue weighted by Crippen LogP contribution is 2.49. The van der Waals surface area contributed by atoms with Crippen LogP contribution in [0, 0.1) is 0 Å². The van der Waals surface area contributed by atoms with Gasteiger partial charge in [0.15, 0.2) is 5.75 Å². The quantitative estimate of drug-likeness (QED) is 0.759. The van der Waals surface area contributed by atoms with Gasteiger partial charge in [0.2, 0.25) is 0 Å². The van der Waals surface area contributed by atoms with Gasteiger partial charge in [-0.15, -0.1) is 0 Å². The highest BCUT2D eigenvalue weighted by Gasteiger charge is 2.41. The standard InChI is InChI=1S/C13H15Cl2NO/c1-13-2-3-16-8(6-13)4-7-5-9(14)12(17)11(15)10(7)13/h5,8,16-17H,2-4,6H2,1H3/t8-,13+/m0/s1. The molecule has 4 heteroatoms. The van der Waals surface area contributed by atoms with Crippen LogP contribution in [-0.2, 0) is 11.8 Å². The molecular formula is C13H15Cl2NO. The SMILES string of the molecule is C[C@]12CCN[C@@H](Cc3cc(Cl)c(O)c(Cl)c31)C2. The Hall–Kier alpha value is -0.440. The second kappa shape index (κ2) is 3.78. The molecule has 2 aliphatic rings. The van der Waals surface area contributed by atoms with Crippen molar-refractivity contribution < 1.29 is 5.11 Å². The van der Waals surface area contributed by atoms with Crippen LogP contribution in [-0.4, -0.2) is 17.7 Å². The molecule has 0 aromatic heterocycles. The maximum atomic E-state index is 9.89. The molecule has 17 heavy (non-hydrogen) atoms. The van der Waals surface area contributed by atoms with E-state index in [1.54, 1.807) is 0 Å². The summed E-state index contributed by atoms with van der Waals surface area (Å²) in [6.07, 6.45) is 3.09. The summed E-state index contributed by atoms with van der Waals surface area (Å²) in [7, 11) is 0. The number of halogens is 2. The number of phenols is 1. The van der Waals surface area contributed by atoms with E-state index in [1.807, 2.05) is 6.07 Å². The summed E-state index contributed by atoms with van der Waals surface area (Å²) < 4.78 is 0. The average Bonchev–Trinajstić information content (AvgIpc) is 2.24. The van der Waals surface area contributed by atoms with Crippen LogP contribution in [0.25, 0.3) is 0 Å². The first-order valence-electron chi connectivity index (χ1n) is 5.95. The molecule has 2 nitrogen and oxygen atoms in total. The van der Waals surface area contributed by atoms with E-state index in [4.69, 9.17) is 23.2 Å². The van der Waals surface area contributed by atoms with Gasteiger partial charge in [0.05, 0.1) is 10.0 Å². The lowest BCUT2D eigenvalue weighted by Crippen LogP contribution is -2.49. The second-order valence-electron chi connectivity index (χ2n) is 5.43. The largest absolute Gasteiger partial charge is 0.505 e. The topological polar surface area (TPSA) is 32.3 Å². The maximum absolute atomic E-state index is 9.89. The Labute approximate surface area is 111 Å². The van der Waals surface area contributed by atoms with Gasteiger partial charge in [0.25, 0.3) is 0 Å². The van der Waals surface area contributed by atoms with Crippen LogP contribution in [0.4, 0.5) is 0 Å². The summed E-state index contributed by atoms with van der Waals surface area (Å²) in [4.78, 5) is 0. The summed E-state index contributed by atoms with van der Waals surface area (Å²) in [5.74, 6) is 0.0327. The van der Waals surface area contributed by atoms with Gasteiger partial charge in [-0.25, -0.2) is 0 Å². The molecule has 1 fully saturated rings. The molecule has 0 saturated carbocycles. The van der Waals surface area contributed by atoms with Gasteiger partial charge in [0, 0.05) is 6.04 Å². The number of piperidine rings is 1. The van der Waals surface area contributed by atoms with E-state index >= 15 is 0 Å². The zero-order valence-electron chi connectivity index (χ0n) is 9.69. The summed E-state index contributed by atoms with van der Waals surface area (Å²) in [5.41, 5.74) is 2.37. The molecule has 0 radical (unpaired) electrons. The molecule has 1 aliphatic heterocycles. The number of fused-ring (bicyclic) bond motifs is 4. The van der Waals surface area contributed by atoms with Gasteiger partial charge in [0.1, 0.15) is 0 Å². The van der Waals surface area contributed by atoms with E-state index in [9.17, 15) is 5.11 Å². The first-order chi connectivity index (χ1) is 8.01. The lowest BCUT2D eigenvalue weighted by atomic mass is 9.65. The van der Waals surface area contributed by atoms with Crippen molar-refractivity contribution in [3.8, 4) is 5.75 Å². The van der Waals surface area contributed by atoms with Crippen molar-refractivity contribution in [1.82, 2.24) is 5.32 Å². The van der Waals surface area contributed by atoms with Crippen molar-refractivity contribution >= 4 is 23.2 Å². The van der Waals surface area contributed by atoms with E-state index in [1.165, 1.54) is 5.56 Å². The van der Waals surface area contributed by atoms with Crippen molar-refractivity contribution in [2.24, 2.45) is 0 Å². The van der Waals surface area contributed by atoms with Crippen molar-refractivity contribution in [1.29, 1.82) is 0 Å². The molecular weight excluding hydrogens is 257 g/mol. The van der Waals surface area contributed by atoms with Gasteiger partial charge < -0.3 is 10.4 Å². The Bertz CT molecular complexity index is 489. The maximum Gasteiger partial charge on any atom is 0.153 e. The van der Waals surface area contributed by atoms with Crippen LogP contribution in [0.2, 0.25) is 10.0 Å². The van der Waals surface area contributed by atoms with Crippen LogP contribution in [0.3, 0.4) is 0 Å². The molecule has 0 amide bonds. The van der Waals surface area contributed by atoms with Gasteiger partial charge >= 0.3 is 0 Å². The van der Waals surface area contributed by atoms with Crippen LogP contribution in [0.1, 0.15) is 30.9 Å². The van der Waals surface area contributed by atoms with Gasteiger partial charge in [-0.2, -0.15) is 0 Å². The monoisotopic (exact) mass is 271 g/mol. The Morgan fingerprint density at radius 2 is 2.24 bits per heavy atom. The van der Waals surface area contributed by atoms with Crippen molar-refractivity contribution in [3.63, 3.8) is 0 Å². The minimum absolute atomic E-state index is 0.0327. The number of hydrogen-bond donors (Lipinski definition) is 2. The molecule has 1 aromatic carbocycles. The molecule has 1 heterocycles. The van der Waals surface area contributed by atoms with Gasteiger partial charge in [-0.05, 0) is 48.4 Å². The van der Waals surface area contributed by atoms with E-state index < -0.39 is 0 Å². The van der Waals surface area contributed by atoms with Crippen LogP contribution in [0.5, 0.6) is 5.75 Å². The Morgan fingerprint density at radius 3 is 3.00 bits per heavy atom. The predicted octanol–water partition coefficient (Wildman–Crippen LogP) is 3.26. The summed E-state index contributed by atoms with van der Waals surface area (Å²) >= 11 is 12.3. The number of aromatic hydroxyl groups is 1. The highest BCUT2D eigenvalue weighted by molar-refractivity contribution is 6.37. The van der Waals surface area contributed by atoms with Crippen LogP contribution in [0.15, 0.2) is 6.07 Å². The minimum atomic E-state index is 0.0327. The normalized spacial score (nSPS) is 31.1. The van der Waals surface area contributed by atoms with Crippen LogP contribution >= 0.6 is 23.2 Å². The molecule has 1 aromatic rings. The first-order valence-corrected chi connectivity index (χ1v) is 6.70. The Balaban J connectivity index is 2.24. The summed E-state index contributed by atoms with van der Waals surface area (Å²) in [6.45, 7) is 3.25. The number of rotatable bonds is 0. The predicted molar refractivity (Wildman–Crippen MR) is 70.2 cm³/mol. The fourth-order valence-corrected chi connectivity index (χ4v) is 4.10. The molecule has 3 rings (SSSR count). The lowest BCUT2D eigenvalue weighted by Gasteiger charge is -2.45. The molecule has 1 aliphatic carbocycles. The summed E-state index contributed by atoms with van der Waals surface area (Å²) in [6, 6.07) is 2.38. The molecule has 92 valence electrons. The Morgan fingerprint density at radius 1 is 1.47 bits per heavy atom.